The molecule has 0 unspecified atom stereocenters. The highest BCUT2D eigenvalue weighted by atomic mass is 32.1. The van der Waals surface area contributed by atoms with Crippen LogP contribution in [0.2, 0.25) is 0 Å². The third-order valence-electron chi connectivity index (χ3n) is 3.49. The van der Waals surface area contributed by atoms with Gasteiger partial charge in [-0.15, -0.1) is 5.10 Å². The number of aryl methyl sites for hydroxylation is 1. The lowest BCUT2D eigenvalue weighted by Crippen LogP contribution is -2.21. The third kappa shape index (κ3) is 2.71. The molecule has 5 heteroatoms. The first-order chi connectivity index (χ1) is 10.2. The van der Waals surface area contributed by atoms with Crippen LogP contribution in [-0.4, -0.2) is 15.6 Å². The molecule has 1 aromatic carbocycles. The molecule has 21 heavy (non-hydrogen) atoms. The molecule has 0 radical (unpaired) electrons. The third-order valence-corrected chi connectivity index (χ3v) is 4.22. The fourth-order valence-corrected chi connectivity index (χ4v) is 3.02. The van der Waals surface area contributed by atoms with Crippen LogP contribution in [0, 0.1) is 0 Å². The monoisotopic (exact) mass is 301 g/mol. The van der Waals surface area contributed by atoms with Crippen LogP contribution < -0.4 is 5.32 Å². The van der Waals surface area contributed by atoms with E-state index in [0.717, 1.165) is 34.9 Å². The minimum absolute atomic E-state index is 0.432. The number of hydrogen-bond acceptors (Lipinski definition) is 5. The maximum absolute atomic E-state index is 6.06. The maximum Gasteiger partial charge on any atom is 0.160 e. The topological polar surface area (TPSA) is 51.0 Å². The van der Waals surface area contributed by atoms with Crippen LogP contribution >= 0.6 is 11.5 Å². The van der Waals surface area contributed by atoms with E-state index < -0.39 is 0 Å². The van der Waals surface area contributed by atoms with Crippen molar-refractivity contribution in [3.63, 3.8) is 0 Å². The SMILES string of the molecule is CCc1c(-c2nnsc2CNC(C)C)oc2ccccc12. The summed E-state index contributed by atoms with van der Waals surface area (Å²) < 4.78 is 10.2. The van der Waals surface area contributed by atoms with Crippen molar-refractivity contribution in [3.8, 4) is 11.5 Å². The van der Waals surface area contributed by atoms with E-state index >= 15 is 0 Å². The molecular formula is C16H19N3OS. The molecule has 0 atom stereocenters. The summed E-state index contributed by atoms with van der Waals surface area (Å²) in [5.74, 6) is 0.869. The second-order valence-corrected chi connectivity index (χ2v) is 6.18. The summed E-state index contributed by atoms with van der Waals surface area (Å²) >= 11 is 1.43. The van der Waals surface area contributed by atoms with Crippen molar-refractivity contribution in [2.24, 2.45) is 0 Å². The molecule has 0 saturated carbocycles. The van der Waals surface area contributed by atoms with E-state index in [4.69, 9.17) is 4.42 Å². The zero-order valence-electron chi connectivity index (χ0n) is 12.5. The molecule has 0 spiro atoms. The molecule has 0 fully saturated rings. The van der Waals surface area contributed by atoms with Gasteiger partial charge in [-0.2, -0.15) is 0 Å². The second kappa shape index (κ2) is 5.95. The van der Waals surface area contributed by atoms with Crippen molar-refractivity contribution in [1.82, 2.24) is 14.9 Å². The summed E-state index contributed by atoms with van der Waals surface area (Å²) in [6, 6.07) is 8.58. The van der Waals surface area contributed by atoms with E-state index in [0.29, 0.717) is 6.04 Å². The predicted molar refractivity (Wildman–Crippen MR) is 86.5 cm³/mol. The van der Waals surface area contributed by atoms with Gasteiger partial charge in [0.2, 0.25) is 0 Å². The molecule has 3 aromatic rings. The molecule has 0 aliphatic heterocycles. The maximum atomic E-state index is 6.06. The smallest absolute Gasteiger partial charge is 0.160 e. The number of hydrogen-bond donors (Lipinski definition) is 1. The number of aromatic nitrogens is 2. The van der Waals surface area contributed by atoms with Crippen LogP contribution in [-0.2, 0) is 13.0 Å². The molecule has 0 bridgehead atoms. The largest absolute Gasteiger partial charge is 0.454 e. The van der Waals surface area contributed by atoms with E-state index in [2.05, 4.69) is 41.7 Å². The highest BCUT2D eigenvalue weighted by molar-refractivity contribution is 7.05. The van der Waals surface area contributed by atoms with Crippen molar-refractivity contribution >= 4 is 22.5 Å². The first kappa shape index (κ1) is 14.2. The second-order valence-electron chi connectivity index (χ2n) is 5.34. The Morgan fingerprint density at radius 1 is 1.29 bits per heavy atom. The molecule has 4 nitrogen and oxygen atoms in total. The Bertz CT molecular complexity index is 745. The molecule has 2 aromatic heterocycles. The average Bonchev–Trinajstić information content (AvgIpc) is 3.08. The Morgan fingerprint density at radius 3 is 2.86 bits per heavy atom. The summed E-state index contributed by atoms with van der Waals surface area (Å²) in [6.45, 7) is 7.18. The van der Waals surface area contributed by atoms with E-state index in [1.165, 1.54) is 22.5 Å². The van der Waals surface area contributed by atoms with E-state index in [1.807, 2.05) is 18.2 Å². The van der Waals surface area contributed by atoms with Crippen LogP contribution in [0.15, 0.2) is 28.7 Å². The molecule has 0 amide bonds. The first-order valence-electron chi connectivity index (χ1n) is 7.26. The van der Waals surface area contributed by atoms with E-state index in [-0.39, 0.29) is 0 Å². The molecule has 0 aliphatic carbocycles. The molecule has 110 valence electrons. The van der Waals surface area contributed by atoms with Crippen LogP contribution in [0.3, 0.4) is 0 Å². The quantitative estimate of drug-likeness (QED) is 0.773. The molecule has 2 heterocycles. The summed E-state index contributed by atoms with van der Waals surface area (Å²) in [7, 11) is 0. The van der Waals surface area contributed by atoms with Gasteiger partial charge in [0.15, 0.2) is 5.76 Å². The molecular weight excluding hydrogens is 282 g/mol. The van der Waals surface area contributed by atoms with Crippen molar-refractivity contribution in [2.45, 2.75) is 39.8 Å². The van der Waals surface area contributed by atoms with Gasteiger partial charge in [0.1, 0.15) is 11.3 Å². The summed E-state index contributed by atoms with van der Waals surface area (Å²) in [5, 5.41) is 8.89. The zero-order valence-corrected chi connectivity index (χ0v) is 13.3. The van der Waals surface area contributed by atoms with Gasteiger partial charge in [0, 0.05) is 23.5 Å². The van der Waals surface area contributed by atoms with Gasteiger partial charge >= 0.3 is 0 Å². The Kier molecular flexibility index (Phi) is 4.03. The molecule has 0 aliphatic rings. The van der Waals surface area contributed by atoms with Crippen molar-refractivity contribution in [3.05, 3.63) is 34.7 Å². The van der Waals surface area contributed by atoms with E-state index in [9.17, 15) is 0 Å². The van der Waals surface area contributed by atoms with Gasteiger partial charge in [-0.25, -0.2) is 0 Å². The molecule has 0 saturated heterocycles. The lowest BCUT2D eigenvalue weighted by molar-refractivity contribution is 0.589. The van der Waals surface area contributed by atoms with E-state index in [1.54, 1.807) is 0 Å². The van der Waals surface area contributed by atoms with Gasteiger partial charge < -0.3 is 9.73 Å². The Labute approximate surface area is 128 Å². The van der Waals surface area contributed by atoms with Crippen molar-refractivity contribution in [1.29, 1.82) is 0 Å². The average molecular weight is 301 g/mol. The fraction of sp³-hybridized carbons (Fsp3) is 0.375. The molecule has 1 N–H and O–H groups in total. The van der Waals surface area contributed by atoms with Crippen molar-refractivity contribution in [2.75, 3.05) is 0 Å². The van der Waals surface area contributed by atoms with Crippen LogP contribution in [0.1, 0.15) is 31.2 Å². The molecule has 3 rings (SSSR count). The normalized spacial score (nSPS) is 11.6. The summed E-state index contributed by atoms with van der Waals surface area (Å²) in [4.78, 5) is 1.12. The Balaban J connectivity index is 2.06. The minimum Gasteiger partial charge on any atom is -0.454 e. The summed E-state index contributed by atoms with van der Waals surface area (Å²) in [5.41, 5.74) is 3.01. The number of nitrogens with zero attached hydrogens (tertiary/aromatic N) is 2. The van der Waals surface area contributed by atoms with Crippen LogP contribution in [0.4, 0.5) is 0 Å². The Morgan fingerprint density at radius 2 is 2.10 bits per heavy atom. The first-order valence-corrected chi connectivity index (χ1v) is 8.03. The van der Waals surface area contributed by atoms with Crippen LogP contribution in [0.5, 0.6) is 0 Å². The van der Waals surface area contributed by atoms with Crippen molar-refractivity contribution < 1.29 is 4.42 Å². The number of rotatable bonds is 5. The number of para-hydroxylation sites is 1. The number of nitrogens with one attached hydrogen (secondary N) is 1. The van der Waals surface area contributed by atoms with Gasteiger partial charge in [-0.1, -0.05) is 43.5 Å². The lowest BCUT2D eigenvalue weighted by Gasteiger charge is -2.06. The predicted octanol–water partition coefficient (Wildman–Crippen LogP) is 4.01. The fourth-order valence-electron chi connectivity index (χ4n) is 2.44. The van der Waals surface area contributed by atoms with Gasteiger partial charge in [0.25, 0.3) is 0 Å². The number of furan rings is 1. The highest BCUT2D eigenvalue weighted by Crippen LogP contribution is 2.35. The summed E-state index contributed by atoms with van der Waals surface area (Å²) in [6.07, 6.45) is 0.918. The highest BCUT2D eigenvalue weighted by Gasteiger charge is 2.20. The minimum atomic E-state index is 0.432. The standard InChI is InChI=1S/C16H19N3OS/c1-4-11-12-7-5-6-8-13(12)20-16(11)15-14(21-19-18-15)9-17-10(2)3/h5-8,10,17H,4,9H2,1-3H3. The Hall–Kier alpha value is -1.72. The van der Waals surface area contributed by atoms with Crippen LogP contribution in [0.25, 0.3) is 22.4 Å². The number of benzene rings is 1. The van der Waals surface area contributed by atoms with Gasteiger partial charge in [-0.05, 0) is 24.0 Å². The number of fused-ring (bicyclic) bond motifs is 1. The van der Waals surface area contributed by atoms with Gasteiger partial charge in [0.05, 0.1) is 4.88 Å². The lowest BCUT2D eigenvalue weighted by atomic mass is 10.1. The zero-order chi connectivity index (χ0) is 14.8. The van der Waals surface area contributed by atoms with Gasteiger partial charge in [-0.3, -0.25) is 0 Å².